The van der Waals surface area contributed by atoms with Crippen molar-refractivity contribution in [2.75, 3.05) is 0 Å². The molecule has 0 saturated heterocycles. The maximum atomic E-state index is 10.3. The van der Waals surface area contributed by atoms with Crippen LogP contribution in [0, 0.1) is 0 Å². The van der Waals surface area contributed by atoms with Crippen molar-refractivity contribution in [3.05, 3.63) is 42.8 Å². The fourth-order valence-corrected chi connectivity index (χ4v) is 1.12. The molecule has 2 rings (SSSR count). The van der Waals surface area contributed by atoms with Crippen molar-refractivity contribution in [3.63, 3.8) is 0 Å². The maximum absolute atomic E-state index is 10.3. The van der Waals surface area contributed by atoms with Crippen molar-refractivity contribution in [2.45, 2.75) is 19.3 Å². The second-order valence-electron chi connectivity index (χ2n) is 3.09. The van der Waals surface area contributed by atoms with Gasteiger partial charge in [0, 0.05) is 0 Å². The lowest BCUT2D eigenvalue weighted by Gasteiger charge is -1.77. The molecule has 1 aromatic rings. The minimum Gasteiger partial charge on any atom is -0.501 e. The Morgan fingerprint density at radius 3 is 1.33 bits per heavy atom. The molecule has 0 bridgehead atoms. The van der Waals surface area contributed by atoms with Gasteiger partial charge in [-0.2, -0.15) is 0 Å². The maximum Gasteiger partial charge on any atom is 0.280 e. The first kappa shape index (κ1) is 11.2. The zero-order chi connectivity index (χ0) is 11.4. The number of hydrogen-bond donors (Lipinski definition) is 2. The van der Waals surface area contributed by atoms with Crippen LogP contribution < -0.4 is 16.3 Å². The highest BCUT2D eigenvalue weighted by molar-refractivity contribution is 5.38. The van der Waals surface area contributed by atoms with Crippen molar-refractivity contribution in [2.24, 2.45) is 0 Å². The van der Waals surface area contributed by atoms with Crippen molar-refractivity contribution in [3.8, 4) is 11.5 Å². The minimum absolute atomic E-state index is 1.16. The van der Waals surface area contributed by atoms with Gasteiger partial charge in [-0.15, -0.1) is 0 Å². The third-order valence-electron chi connectivity index (χ3n) is 1.98. The molecule has 1 aliphatic rings. The molecule has 0 heterocycles. The van der Waals surface area contributed by atoms with Crippen LogP contribution in [0.25, 0.3) is 0 Å². The van der Waals surface area contributed by atoms with Gasteiger partial charge in [0.05, 0.1) is 0 Å². The quantitative estimate of drug-likeness (QED) is 0.456. The molecule has 0 saturated carbocycles. The summed E-state index contributed by atoms with van der Waals surface area (Å²) in [5, 5.41) is 16.9. The van der Waals surface area contributed by atoms with Crippen molar-refractivity contribution in [1.29, 1.82) is 0 Å². The molecule has 0 unspecified atom stereocenters. The molecule has 5 nitrogen and oxygen atoms in total. The standard InChI is InChI=1S/C5H2O5.C5H8/c6-1-2(7)4(9)5(10)3(1)8;1-2-4-5-3-1/h6-7H;1-2H,3-5H2. The molecule has 0 aliphatic heterocycles. The second-order valence-corrected chi connectivity index (χ2v) is 3.09. The predicted octanol–water partition coefficient (Wildman–Crippen LogP) is -0.220. The van der Waals surface area contributed by atoms with Crippen LogP contribution in [0.15, 0.2) is 26.5 Å². The van der Waals surface area contributed by atoms with Crippen LogP contribution in [0.4, 0.5) is 0 Å². The zero-order valence-electron chi connectivity index (χ0n) is 7.90. The summed E-state index contributed by atoms with van der Waals surface area (Å²) < 4.78 is 0. The summed E-state index contributed by atoms with van der Waals surface area (Å²) in [5.41, 5.74) is -4.08. The first-order valence-corrected chi connectivity index (χ1v) is 4.46. The molecule has 0 radical (unpaired) electrons. The van der Waals surface area contributed by atoms with Crippen molar-refractivity contribution >= 4 is 0 Å². The Morgan fingerprint density at radius 2 is 1.20 bits per heavy atom. The van der Waals surface area contributed by atoms with Crippen LogP contribution in [0.3, 0.4) is 0 Å². The fraction of sp³-hybridized carbons (Fsp3) is 0.300. The second kappa shape index (κ2) is 4.54. The van der Waals surface area contributed by atoms with E-state index in [1.165, 1.54) is 19.3 Å². The van der Waals surface area contributed by atoms with Crippen LogP contribution in [-0.4, -0.2) is 10.2 Å². The summed E-state index contributed by atoms with van der Waals surface area (Å²) in [6.45, 7) is 0. The molecule has 15 heavy (non-hydrogen) atoms. The van der Waals surface area contributed by atoms with E-state index in [0.717, 1.165) is 0 Å². The minimum atomic E-state index is -1.39. The van der Waals surface area contributed by atoms with E-state index >= 15 is 0 Å². The number of allylic oxidation sites excluding steroid dienone is 2. The van der Waals surface area contributed by atoms with Crippen LogP contribution in [0.2, 0.25) is 0 Å². The van der Waals surface area contributed by atoms with Gasteiger partial charge in [0.1, 0.15) is 0 Å². The van der Waals surface area contributed by atoms with Crippen LogP contribution >= 0.6 is 0 Å². The smallest absolute Gasteiger partial charge is 0.280 e. The Balaban J connectivity index is 0.000000187. The predicted molar refractivity (Wildman–Crippen MR) is 53.9 cm³/mol. The van der Waals surface area contributed by atoms with Gasteiger partial charge >= 0.3 is 0 Å². The van der Waals surface area contributed by atoms with E-state index in [-0.39, 0.29) is 0 Å². The average molecular weight is 210 g/mol. The molecule has 2 N–H and O–H groups in total. The van der Waals surface area contributed by atoms with E-state index in [9.17, 15) is 14.4 Å². The van der Waals surface area contributed by atoms with Crippen LogP contribution in [0.5, 0.6) is 11.5 Å². The molecule has 0 atom stereocenters. The van der Waals surface area contributed by atoms with Crippen LogP contribution in [-0.2, 0) is 0 Å². The fourth-order valence-electron chi connectivity index (χ4n) is 1.12. The normalized spacial score (nSPS) is 13.6. The highest BCUT2D eigenvalue weighted by Gasteiger charge is 2.16. The Kier molecular flexibility index (Phi) is 3.38. The van der Waals surface area contributed by atoms with Crippen molar-refractivity contribution < 1.29 is 10.2 Å². The summed E-state index contributed by atoms with van der Waals surface area (Å²) >= 11 is 0. The largest absolute Gasteiger partial charge is 0.501 e. The molecule has 1 aliphatic carbocycles. The molecule has 0 aromatic heterocycles. The van der Waals surface area contributed by atoms with E-state index in [2.05, 4.69) is 12.2 Å². The number of rotatable bonds is 0. The van der Waals surface area contributed by atoms with E-state index in [1.807, 2.05) is 0 Å². The lowest BCUT2D eigenvalue weighted by molar-refractivity contribution is 0.402. The third-order valence-corrected chi connectivity index (χ3v) is 1.98. The molecular formula is C10H10O5. The number of aromatic hydroxyl groups is 2. The summed E-state index contributed by atoms with van der Waals surface area (Å²) in [4.78, 5) is 30.8. The van der Waals surface area contributed by atoms with Gasteiger partial charge in [-0.1, -0.05) is 12.2 Å². The zero-order valence-corrected chi connectivity index (χ0v) is 7.90. The number of hydrogen-bond acceptors (Lipinski definition) is 5. The van der Waals surface area contributed by atoms with Gasteiger partial charge in [-0.3, -0.25) is 14.4 Å². The van der Waals surface area contributed by atoms with Crippen LogP contribution in [0.1, 0.15) is 19.3 Å². The summed E-state index contributed by atoms with van der Waals surface area (Å²) in [7, 11) is 0. The van der Waals surface area contributed by atoms with Gasteiger partial charge < -0.3 is 10.2 Å². The lowest BCUT2D eigenvalue weighted by atomic mass is 10.4. The monoisotopic (exact) mass is 210 g/mol. The lowest BCUT2D eigenvalue weighted by Crippen LogP contribution is -2.29. The van der Waals surface area contributed by atoms with E-state index in [4.69, 9.17) is 10.2 Å². The van der Waals surface area contributed by atoms with Gasteiger partial charge in [-0.05, 0) is 19.3 Å². The molecule has 80 valence electrons. The molecule has 0 fully saturated rings. The van der Waals surface area contributed by atoms with Gasteiger partial charge in [0.25, 0.3) is 16.3 Å². The molecule has 5 heteroatoms. The first-order chi connectivity index (χ1) is 7.05. The van der Waals surface area contributed by atoms with E-state index < -0.39 is 27.8 Å². The Bertz CT molecular complexity index is 463. The summed E-state index contributed by atoms with van der Waals surface area (Å²) in [6, 6.07) is 0. The Morgan fingerprint density at radius 1 is 0.800 bits per heavy atom. The summed E-state index contributed by atoms with van der Waals surface area (Å²) in [6.07, 6.45) is 8.50. The van der Waals surface area contributed by atoms with E-state index in [0.29, 0.717) is 0 Å². The summed E-state index contributed by atoms with van der Waals surface area (Å²) in [5.74, 6) is -2.31. The van der Waals surface area contributed by atoms with Gasteiger partial charge in [0.15, 0.2) is 0 Å². The van der Waals surface area contributed by atoms with Gasteiger partial charge in [0.2, 0.25) is 11.5 Å². The molecule has 1 aromatic carbocycles. The SMILES string of the molecule is C1=CCCC1.O=c1c(O)c(O)c(=O)c1=O. The Hall–Kier alpha value is -1.91. The molecule has 0 amide bonds. The molecule has 0 spiro atoms. The Labute approximate surface area is 84.6 Å². The average Bonchev–Trinajstić information content (AvgIpc) is 2.86. The first-order valence-electron chi connectivity index (χ1n) is 4.46. The van der Waals surface area contributed by atoms with Gasteiger partial charge in [-0.25, -0.2) is 0 Å². The highest BCUT2D eigenvalue weighted by atomic mass is 16.3. The van der Waals surface area contributed by atoms with E-state index in [1.54, 1.807) is 0 Å². The van der Waals surface area contributed by atoms with Crippen molar-refractivity contribution in [1.82, 2.24) is 0 Å². The highest BCUT2D eigenvalue weighted by Crippen LogP contribution is 2.10. The third kappa shape index (κ3) is 2.31. The molecular weight excluding hydrogens is 200 g/mol. The topological polar surface area (TPSA) is 91.7 Å².